The van der Waals surface area contributed by atoms with Gasteiger partial charge < -0.3 is 9.30 Å². The van der Waals surface area contributed by atoms with E-state index in [0.717, 1.165) is 62.9 Å². The van der Waals surface area contributed by atoms with Crippen LogP contribution in [0.2, 0.25) is 0 Å². The first kappa shape index (κ1) is 20.4. The lowest BCUT2D eigenvalue weighted by Gasteiger charge is -2.23. The molecule has 0 amide bonds. The second-order valence-electron chi connectivity index (χ2n) is 9.19. The number of ether oxygens (including phenoxy) is 1. The molecule has 1 atom stereocenters. The van der Waals surface area contributed by atoms with Crippen molar-refractivity contribution in [3.05, 3.63) is 69.3 Å². The van der Waals surface area contributed by atoms with E-state index in [0.29, 0.717) is 22.8 Å². The van der Waals surface area contributed by atoms with Gasteiger partial charge in [-0.2, -0.15) is 4.98 Å². The van der Waals surface area contributed by atoms with Crippen molar-refractivity contribution in [3.8, 4) is 0 Å². The van der Waals surface area contributed by atoms with E-state index in [1.807, 2.05) is 41.0 Å². The molecule has 1 unspecified atom stereocenters. The van der Waals surface area contributed by atoms with Gasteiger partial charge in [0.1, 0.15) is 5.82 Å². The molecule has 0 bridgehead atoms. The monoisotopic (exact) mass is 445 g/mol. The van der Waals surface area contributed by atoms with Crippen molar-refractivity contribution < 1.29 is 4.74 Å². The first-order valence-electron chi connectivity index (χ1n) is 11.8. The molecule has 0 N–H and O–H groups in total. The van der Waals surface area contributed by atoms with Crippen LogP contribution < -0.4 is 11.2 Å². The predicted molar refractivity (Wildman–Crippen MR) is 126 cm³/mol. The summed E-state index contributed by atoms with van der Waals surface area (Å²) >= 11 is 0. The Balaban J connectivity index is 1.45. The summed E-state index contributed by atoms with van der Waals surface area (Å²) in [4.78, 5) is 35.2. The van der Waals surface area contributed by atoms with Crippen LogP contribution in [0.15, 0.2) is 52.2 Å². The number of aryl methyl sites for hydroxylation is 1. The van der Waals surface area contributed by atoms with Crippen LogP contribution in [-0.2, 0) is 17.8 Å². The van der Waals surface area contributed by atoms with Gasteiger partial charge in [-0.1, -0.05) is 12.1 Å². The van der Waals surface area contributed by atoms with Crippen LogP contribution in [0.3, 0.4) is 0 Å². The third kappa shape index (κ3) is 3.68. The fourth-order valence-corrected chi connectivity index (χ4v) is 5.06. The highest BCUT2D eigenvalue weighted by Crippen LogP contribution is 2.35. The van der Waals surface area contributed by atoms with E-state index >= 15 is 0 Å². The topological polar surface area (TPSA) is 83.9 Å². The van der Waals surface area contributed by atoms with Gasteiger partial charge in [0.25, 0.3) is 5.56 Å². The Hall–Kier alpha value is -3.26. The minimum atomic E-state index is -0.259. The van der Waals surface area contributed by atoms with Crippen molar-refractivity contribution in [2.24, 2.45) is 5.92 Å². The van der Waals surface area contributed by atoms with Gasteiger partial charge in [-0.25, -0.2) is 9.78 Å². The number of para-hydroxylation sites is 1. The number of hydrogen-bond acceptors (Lipinski definition) is 5. The highest BCUT2D eigenvalue weighted by molar-refractivity contribution is 5.78. The number of pyridine rings is 1. The van der Waals surface area contributed by atoms with Crippen LogP contribution in [0.4, 0.5) is 0 Å². The third-order valence-electron chi connectivity index (χ3n) is 6.91. The largest absolute Gasteiger partial charge is 0.381 e. The van der Waals surface area contributed by atoms with Crippen LogP contribution in [0.1, 0.15) is 44.0 Å². The molecule has 1 aromatic carbocycles. The molecule has 6 rings (SSSR count). The van der Waals surface area contributed by atoms with E-state index < -0.39 is 0 Å². The van der Waals surface area contributed by atoms with Crippen LogP contribution in [0.25, 0.3) is 22.1 Å². The molecule has 170 valence electrons. The second-order valence-corrected chi connectivity index (χ2v) is 9.19. The summed E-state index contributed by atoms with van der Waals surface area (Å²) < 4.78 is 11.3. The van der Waals surface area contributed by atoms with E-state index in [-0.39, 0.29) is 23.8 Å². The second kappa shape index (κ2) is 8.26. The summed E-state index contributed by atoms with van der Waals surface area (Å²) in [5.41, 5.74) is 2.00. The summed E-state index contributed by atoms with van der Waals surface area (Å²) in [5.74, 6) is 1.09. The number of aromatic nitrogens is 5. The molecule has 3 aromatic heterocycles. The molecule has 8 heteroatoms. The molecule has 0 spiro atoms. The number of rotatable bonds is 6. The number of hydrogen-bond donors (Lipinski definition) is 0. The van der Waals surface area contributed by atoms with Crippen LogP contribution in [0, 0.1) is 5.92 Å². The molecular formula is C25H27N5O3. The SMILES string of the molecule is O=c1nc(Cn2c(=O)n(C3CC3)c3cccnc32)n(CCC2CCCOC2)c2ccccc12. The van der Waals surface area contributed by atoms with Gasteiger partial charge in [-0.3, -0.25) is 13.9 Å². The lowest BCUT2D eigenvalue weighted by atomic mass is 9.98. The van der Waals surface area contributed by atoms with E-state index in [2.05, 4.69) is 14.5 Å². The van der Waals surface area contributed by atoms with Gasteiger partial charge >= 0.3 is 5.69 Å². The molecule has 4 heterocycles. The van der Waals surface area contributed by atoms with Crippen molar-refractivity contribution in [1.29, 1.82) is 0 Å². The third-order valence-corrected chi connectivity index (χ3v) is 6.91. The molecule has 1 saturated carbocycles. The summed E-state index contributed by atoms with van der Waals surface area (Å²) in [5, 5.41) is 0.604. The summed E-state index contributed by atoms with van der Waals surface area (Å²) in [6.45, 7) is 2.55. The zero-order valence-corrected chi connectivity index (χ0v) is 18.5. The van der Waals surface area contributed by atoms with Crippen LogP contribution in [0.5, 0.6) is 0 Å². The average molecular weight is 446 g/mol. The number of nitrogens with zero attached hydrogens (tertiary/aromatic N) is 5. The normalized spacial score (nSPS) is 18.8. The maximum Gasteiger partial charge on any atom is 0.331 e. The molecule has 8 nitrogen and oxygen atoms in total. The van der Waals surface area contributed by atoms with Gasteiger partial charge in [0.05, 0.1) is 23.0 Å². The van der Waals surface area contributed by atoms with E-state index in [1.54, 1.807) is 10.8 Å². The van der Waals surface area contributed by atoms with Crippen molar-refractivity contribution in [1.82, 2.24) is 23.7 Å². The van der Waals surface area contributed by atoms with Crippen LogP contribution in [-0.4, -0.2) is 36.9 Å². The minimum Gasteiger partial charge on any atom is -0.381 e. The Morgan fingerprint density at radius 2 is 1.85 bits per heavy atom. The maximum absolute atomic E-state index is 13.4. The first-order chi connectivity index (χ1) is 16.2. The minimum absolute atomic E-state index is 0.0826. The molecule has 0 radical (unpaired) electrons. The van der Waals surface area contributed by atoms with Crippen LogP contribution >= 0.6 is 0 Å². The number of benzene rings is 1. The fourth-order valence-electron chi connectivity index (χ4n) is 5.06. The van der Waals surface area contributed by atoms with Crippen molar-refractivity contribution in [2.75, 3.05) is 13.2 Å². The lowest BCUT2D eigenvalue weighted by Crippen LogP contribution is -2.28. The summed E-state index contributed by atoms with van der Waals surface area (Å²) in [6, 6.07) is 11.6. The fraction of sp³-hybridized carbons (Fsp3) is 0.440. The molecule has 2 aliphatic rings. The molecule has 1 saturated heterocycles. The lowest BCUT2D eigenvalue weighted by molar-refractivity contribution is 0.0500. The highest BCUT2D eigenvalue weighted by atomic mass is 16.5. The molecule has 4 aromatic rings. The Bertz CT molecular complexity index is 1440. The first-order valence-corrected chi connectivity index (χ1v) is 11.8. The zero-order chi connectivity index (χ0) is 22.4. The average Bonchev–Trinajstić information content (AvgIpc) is 3.64. The Kier molecular flexibility index (Phi) is 5.10. The summed E-state index contributed by atoms with van der Waals surface area (Å²) in [6.07, 6.45) is 6.91. The molecule has 1 aliphatic heterocycles. The highest BCUT2D eigenvalue weighted by Gasteiger charge is 2.29. The molecular weight excluding hydrogens is 418 g/mol. The van der Waals surface area contributed by atoms with Crippen molar-refractivity contribution in [2.45, 2.75) is 51.2 Å². The molecule has 1 aliphatic carbocycles. The van der Waals surface area contributed by atoms with E-state index in [1.165, 1.54) is 0 Å². The smallest absolute Gasteiger partial charge is 0.331 e. The Morgan fingerprint density at radius 1 is 1.00 bits per heavy atom. The standard InChI is InChI=1S/C25H27N5O3/c31-24-19-6-1-2-7-20(19)28(13-11-17-5-4-14-33-16-17)22(27-24)15-29-23-21(8-3-12-26-23)30(25(29)32)18-9-10-18/h1-3,6-8,12,17-18H,4-5,9-11,13-16H2. The zero-order valence-electron chi connectivity index (χ0n) is 18.5. The van der Waals surface area contributed by atoms with Gasteiger partial charge in [0, 0.05) is 32.0 Å². The van der Waals surface area contributed by atoms with Gasteiger partial charge in [0.15, 0.2) is 5.65 Å². The van der Waals surface area contributed by atoms with E-state index in [9.17, 15) is 9.59 Å². The van der Waals surface area contributed by atoms with Crippen molar-refractivity contribution >= 4 is 22.1 Å². The maximum atomic E-state index is 13.4. The molecule has 2 fully saturated rings. The van der Waals surface area contributed by atoms with Gasteiger partial charge in [-0.05, 0) is 62.3 Å². The Labute approximate surface area is 190 Å². The number of imidazole rings is 1. The summed E-state index contributed by atoms with van der Waals surface area (Å²) in [7, 11) is 0. The van der Waals surface area contributed by atoms with Crippen molar-refractivity contribution in [3.63, 3.8) is 0 Å². The van der Waals surface area contributed by atoms with E-state index in [4.69, 9.17) is 4.74 Å². The quantitative estimate of drug-likeness (QED) is 0.455. The van der Waals surface area contributed by atoms with Gasteiger partial charge in [-0.15, -0.1) is 0 Å². The Morgan fingerprint density at radius 3 is 2.67 bits per heavy atom. The molecule has 33 heavy (non-hydrogen) atoms. The van der Waals surface area contributed by atoms with Gasteiger partial charge in [0.2, 0.25) is 0 Å². The predicted octanol–water partition coefficient (Wildman–Crippen LogP) is 3.11. The number of fused-ring (bicyclic) bond motifs is 2.